The van der Waals surface area contributed by atoms with Gasteiger partial charge in [0.15, 0.2) is 0 Å². The minimum atomic E-state index is -0.0487. The second kappa shape index (κ2) is 9.82. The summed E-state index contributed by atoms with van der Waals surface area (Å²) in [7, 11) is 0. The Morgan fingerprint density at radius 2 is 1.91 bits per heavy atom. The monoisotopic (exact) mass is 311 g/mol. The quantitative estimate of drug-likeness (QED) is 0.744. The van der Waals surface area contributed by atoms with Crippen molar-refractivity contribution in [3.8, 4) is 0 Å². The van der Waals surface area contributed by atoms with Gasteiger partial charge in [0.2, 0.25) is 11.8 Å². The third-order valence-corrected chi connectivity index (χ3v) is 4.58. The summed E-state index contributed by atoms with van der Waals surface area (Å²) >= 11 is 0. The number of carbonyl (C=O) groups is 2. The Hall–Kier alpha value is -1.10. The third-order valence-electron chi connectivity index (χ3n) is 4.58. The maximum atomic E-state index is 12.8. The second-order valence-electron chi connectivity index (χ2n) is 6.06. The first-order chi connectivity index (χ1) is 10.6. The highest BCUT2D eigenvalue weighted by Crippen LogP contribution is 2.19. The number of likely N-dealkylation sites (N-methyl/N-ethyl adjacent to an activating group) is 1. The van der Waals surface area contributed by atoms with E-state index in [1.807, 2.05) is 11.8 Å². The molecule has 0 aromatic rings. The van der Waals surface area contributed by atoms with Gasteiger partial charge in [-0.1, -0.05) is 27.7 Å². The molecule has 1 aliphatic rings. The molecule has 0 aromatic heterocycles. The van der Waals surface area contributed by atoms with Crippen LogP contribution < -0.4 is 5.32 Å². The molecule has 0 spiro atoms. The largest absolute Gasteiger partial charge is 0.356 e. The van der Waals surface area contributed by atoms with Crippen molar-refractivity contribution < 1.29 is 9.59 Å². The number of likely N-dealkylation sites (tertiary alicyclic amines) is 1. The van der Waals surface area contributed by atoms with E-state index < -0.39 is 0 Å². The number of hydrogen-bond acceptors (Lipinski definition) is 3. The van der Waals surface area contributed by atoms with Gasteiger partial charge in [-0.25, -0.2) is 0 Å². The molecule has 0 aromatic carbocycles. The fourth-order valence-corrected chi connectivity index (χ4v) is 3.25. The molecule has 2 amide bonds. The van der Waals surface area contributed by atoms with Crippen molar-refractivity contribution in [1.82, 2.24) is 15.1 Å². The number of rotatable bonds is 8. The molecule has 2 atom stereocenters. The predicted molar refractivity (Wildman–Crippen MR) is 89.6 cm³/mol. The molecular formula is C17H33N3O2. The van der Waals surface area contributed by atoms with E-state index in [4.69, 9.17) is 0 Å². The number of hydrogen-bond donors (Lipinski definition) is 1. The zero-order valence-electron chi connectivity index (χ0n) is 14.7. The lowest BCUT2D eigenvalue weighted by Crippen LogP contribution is -2.52. The summed E-state index contributed by atoms with van der Waals surface area (Å²) in [4.78, 5) is 29.1. The van der Waals surface area contributed by atoms with Crippen molar-refractivity contribution in [2.24, 2.45) is 5.92 Å². The van der Waals surface area contributed by atoms with Gasteiger partial charge in [0.1, 0.15) is 0 Å². The summed E-state index contributed by atoms with van der Waals surface area (Å²) in [6.07, 6.45) is 3.58. The molecule has 1 saturated heterocycles. The topological polar surface area (TPSA) is 52.7 Å². The molecule has 22 heavy (non-hydrogen) atoms. The standard InChI is InChI=1S/C17H33N3O2/c1-5-11-18-16(21)14-10-9-12-20(13-14)17(22)15(6-2)19(7-3)8-4/h14-15H,5-13H2,1-4H3,(H,18,21). The van der Waals surface area contributed by atoms with Crippen LogP contribution in [-0.2, 0) is 9.59 Å². The maximum absolute atomic E-state index is 12.8. The van der Waals surface area contributed by atoms with Crippen LogP contribution >= 0.6 is 0 Å². The van der Waals surface area contributed by atoms with Crippen LogP contribution in [-0.4, -0.2) is 60.4 Å². The third kappa shape index (κ3) is 4.97. The van der Waals surface area contributed by atoms with Gasteiger partial charge >= 0.3 is 0 Å². The lowest BCUT2D eigenvalue weighted by Gasteiger charge is -2.37. The van der Waals surface area contributed by atoms with Gasteiger partial charge in [-0.2, -0.15) is 0 Å². The Morgan fingerprint density at radius 1 is 1.23 bits per heavy atom. The molecule has 128 valence electrons. The molecule has 1 fully saturated rings. The normalized spacial score (nSPS) is 20.0. The fraction of sp³-hybridized carbons (Fsp3) is 0.882. The molecule has 0 radical (unpaired) electrons. The average Bonchev–Trinajstić information content (AvgIpc) is 2.56. The molecule has 1 aliphatic heterocycles. The van der Waals surface area contributed by atoms with Crippen molar-refractivity contribution in [2.75, 3.05) is 32.7 Å². The zero-order chi connectivity index (χ0) is 16.5. The summed E-state index contributed by atoms with van der Waals surface area (Å²) in [6.45, 7) is 12.2. The van der Waals surface area contributed by atoms with Crippen molar-refractivity contribution in [3.63, 3.8) is 0 Å². The van der Waals surface area contributed by atoms with Crippen molar-refractivity contribution >= 4 is 11.8 Å². The smallest absolute Gasteiger partial charge is 0.239 e. The van der Waals surface area contributed by atoms with Gasteiger partial charge < -0.3 is 10.2 Å². The minimum Gasteiger partial charge on any atom is -0.356 e. The Balaban J connectivity index is 2.66. The highest BCUT2D eigenvalue weighted by atomic mass is 16.2. The van der Waals surface area contributed by atoms with E-state index in [1.165, 1.54) is 0 Å². The molecule has 1 N–H and O–H groups in total. The molecular weight excluding hydrogens is 278 g/mol. The highest BCUT2D eigenvalue weighted by Gasteiger charge is 2.32. The predicted octanol–water partition coefficient (Wildman–Crippen LogP) is 1.87. The van der Waals surface area contributed by atoms with Crippen LogP contribution in [0, 0.1) is 5.92 Å². The summed E-state index contributed by atoms with van der Waals surface area (Å²) in [5.41, 5.74) is 0. The second-order valence-corrected chi connectivity index (χ2v) is 6.06. The number of amides is 2. The first-order valence-corrected chi connectivity index (χ1v) is 8.89. The molecule has 0 bridgehead atoms. The van der Waals surface area contributed by atoms with E-state index in [0.717, 1.165) is 51.9 Å². The van der Waals surface area contributed by atoms with E-state index in [0.29, 0.717) is 6.54 Å². The molecule has 5 nitrogen and oxygen atoms in total. The first kappa shape index (κ1) is 18.9. The van der Waals surface area contributed by atoms with Gasteiger partial charge in [0.05, 0.1) is 12.0 Å². The van der Waals surface area contributed by atoms with Crippen molar-refractivity contribution in [1.29, 1.82) is 0 Å². The van der Waals surface area contributed by atoms with E-state index >= 15 is 0 Å². The Kier molecular flexibility index (Phi) is 8.46. The van der Waals surface area contributed by atoms with E-state index in [1.54, 1.807) is 0 Å². The number of nitrogens with zero attached hydrogens (tertiary/aromatic N) is 2. The average molecular weight is 311 g/mol. The SMILES string of the molecule is CCCNC(=O)C1CCCN(C(=O)C(CC)N(CC)CC)C1. The number of carbonyl (C=O) groups excluding carboxylic acids is 2. The molecule has 1 heterocycles. The molecule has 0 aliphatic carbocycles. The van der Waals surface area contributed by atoms with Crippen LogP contribution in [0.3, 0.4) is 0 Å². The van der Waals surface area contributed by atoms with Crippen molar-refractivity contribution in [2.45, 2.75) is 59.4 Å². The Morgan fingerprint density at radius 3 is 2.45 bits per heavy atom. The van der Waals surface area contributed by atoms with E-state index in [9.17, 15) is 9.59 Å². The van der Waals surface area contributed by atoms with Gasteiger partial charge in [-0.15, -0.1) is 0 Å². The summed E-state index contributed by atoms with van der Waals surface area (Å²) in [5.74, 6) is 0.257. The van der Waals surface area contributed by atoms with Crippen LogP contribution in [0.1, 0.15) is 53.4 Å². The lowest BCUT2D eigenvalue weighted by atomic mass is 9.96. The van der Waals surface area contributed by atoms with Gasteiger partial charge in [0, 0.05) is 19.6 Å². The van der Waals surface area contributed by atoms with Gasteiger partial charge in [-0.05, 0) is 38.8 Å². The Labute approximate surface area is 135 Å². The van der Waals surface area contributed by atoms with Crippen LogP contribution in [0.25, 0.3) is 0 Å². The Bertz CT molecular complexity index is 356. The number of nitrogens with one attached hydrogen (secondary N) is 1. The van der Waals surface area contributed by atoms with Crippen LogP contribution in [0.4, 0.5) is 0 Å². The minimum absolute atomic E-state index is 0.0431. The molecule has 1 rings (SSSR count). The lowest BCUT2D eigenvalue weighted by molar-refractivity contribution is -0.140. The van der Waals surface area contributed by atoms with E-state index in [2.05, 4.69) is 31.0 Å². The van der Waals surface area contributed by atoms with Gasteiger partial charge in [-0.3, -0.25) is 14.5 Å². The van der Waals surface area contributed by atoms with Crippen LogP contribution in [0.15, 0.2) is 0 Å². The maximum Gasteiger partial charge on any atom is 0.239 e. The molecule has 5 heteroatoms. The summed E-state index contributed by atoms with van der Waals surface area (Å²) in [6, 6.07) is -0.0487. The molecule has 0 saturated carbocycles. The first-order valence-electron chi connectivity index (χ1n) is 8.89. The van der Waals surface area contributed by atoms with Crippen molar-refractivity contribution in [3.05, 3.63) is 0 Å². The zero-order valence-corrected chi connectivity index (χ0v) is 14.7. The van der Waals surface area contributed by atoms with Crippen LogP contribution in [0.5, 0.6) is 0 Å². The van der Waals surface area contributed by atoms with Gasteiger partial charge in [0.25, 0.3) is 0 Å². The summed E-state index contributed by atoms with van der Waals surface area (Å²) in [5, 5.41) is 2.96. The molecule has 2 unspecified atom stereocenters. The summed E-state index contributed by atoms with van der Waals surface area (Å²) < 4.78 is 0. The number of piperidine rings is 1. The van der Waals surface area contributed by atoms with Crippen LogP contribution in [0.2, 0.25) is 0 Å². The fourth-order valence-electron chi connectivity index (χ4n) is 3.25. The van der Waals surface area contributed by atoms with E-state index in [-0.39, 0.29) is 23.8 Å². The highest BCUT2D eigenvalue weighted by molar-refractivity contribution is 5.84.